The molecule has 0 aliphatic rings. The number of hydrogen-bond acceptors (Lipinski definition) is 2. The van der Waals surface area contributed by atoms with Crippen molar-refractivity contribution in [3.8, 4) is 5.75 Å². The number of benzene rings is 1. The summed E-state index contributed by atoms with van der Waals surface area (Å²) in [4.78, 5) is 0. The monoisotopic (exact) mass is 295 g/mol. The second-order valence-electron chi connectivity index (χ2n) is 4.18. The summed E-state index contributed by atoms with van der Waals surface area (Å²) in [6, 6.07) is 6.47. The van der Waals surface area contributed by atoms with Crippen LogP contribution in [-0.2, 0) is 0 Å². The van der Waals surface area contributed by atoms with Crippen molar-refractivity contribution < 1.29 is 17.9 Å². The third-order valence-electron chi connectivity index (χ3n) is 2.52. The summed E-state index contributed by atoms with van der Waals surface area (Å²) in [6.45, 7) is 2.63. The van der Waals surface area contributed by atoms with Gasteiger partial charge in [0.1, 0.15) is 12.4 Å². The van der Waals surface area contributed by atoms with Gasteiger partial charge in [-0.1, -0.05) is 24.6 Å². The first kappa shape index (κ1) is 16.1. The average Bonchev–Trinajstić information content (AvgIpc) is 2.32. The van der Waals surface area contributed by atoms with Gasteiger partial charge in [0.25, 0.3) is 0 Å². The van der Waals surface area contributed by atoms with Crippen molar-refractivity contribution >= 4 is 11.6 Å². The lowest BCUT2D eigenvalue weighted by Crippen LogP contribution is -2.35. The van der Waals surface area contributed by atoms with Gasteiger partial charge < -0.3 is 10.1 Å². The third kappa shape index (κ3) is 7.28. The molecule has 0 bridgehead atoms. The Balaban J connectivity index is 2.45. The standard InChI is InChI=1S/C13H17ClF3NO/c1-2-18-11(6-7-13(15,16)17)9-19-12-5-3-4-10(14)8-12/h3-5,8,11,18H,2,6-7,9H2,1H3. The van der Waals surface area contributed by atoms with Crippen LogP contribution in [0.3, 0.4) is 0 Å². The third-order valence-corrected chi connectivity index (χ3v) is 2.75. The minimum absolute atomic E-state index is 0.00208. The van der Waals surface area contributed by atoms with E-state index in [1.54, 1.807) is 24.3 Å². The van der Waals surface area contributed by atoms with Crippen LogP contribution in [0.5, 0.6) is 5.75 Å². The molecule has 0 heterocycles. The predicted molar refractivity (Wildman–Crippen MR) is 69.7 cm³/mol. The highest BCUT2D eigenvalue weighted by Crippen LogP contribution is 2.23. The van der Waals surface area contributed by atoms with Crippen LogP contribution >= 0.6 is 11.6 Å². The first-order valence-electron chi connectivity index (χ1n) is 6.09. The maximum atomic E-state index is 12.2. The molecule has 0 saturated heterocycles. The highest BCUT2D eigenvalue weighted by Gasteiger charge is 2.28. The van der Waals surface area contributed by atoms with E-state index in [1.807, 2.05) is 6.92 Å². The lowest BCUT2D eigenvalue weighted by molar-refractivity contribution is -0.137. The lowest BCUT2D eigenvalue weighted by atomic mass is 10.1. The van der Waals surface area contributed by atoms with Crippen LogP contribution in [0, 0.1) is 0 Å². The summed E-state index contributed by atoms with van der Waals surface area (Å²) in [5, 5.41) is 3.52. The van der Waals surface area contributed by atoms with Crippen molar-refractivity contribution in [1.29, 1.82) is 0 Å². The van der Waals surface area contributed by atoms with Crippen molar-refractivity contribution in [2.24, 2.45) is 0 Å². The van der Waals surface area contributed by atoms with Gasteiger partial charge in [-0.25, -0.2) is 0 Å². The van der Waals surface area contributed by atoms with Crippen molar-refractivity contribution in [3.63, 3.8) is 0 Å². The van der Waals surface area contributed by atoms with Crippen molar-refractivity contribution in [2.75, 3.05) is 13.2 Å². The smallest absolute Gasteiger partial charge is 0.389 e. The maximum Gasteiger partial charge on any atom is 0.389 e. The van der Waals surface area contributed by atoms with E-state index in [2.05, 4.69) is 5.32 Å². The van der Waals surface area contributed by atoms with Crippen LogP contribution in [0.15, 0.2) is 24.3 Å². The Morgan fingerprint density at radius 1 is 1.37 bits per heavy atom. The SMILES string of the molecule is CCNC(CCC(F)(F)F)COc1cccc(Cl)c1. The number of hydrogen-bond donors (Lipinski definition) is 1. The average molecular weight is 296 g/mol. The highest BCUT2D eigenvalue weighted by molar-refractivity contribution is 6.30. The van der Waals surface area contributed by atoms with Crippen LogP contribution < -0.4 is 10.1 Å². The first-order chi connectivity index (χ1) is 8.90. The van der Waals surface area contributed by atoms with Gasteiger partial charge in [-0.05, 0) is 31.2 Å². The zero-order chi connectivity index (χ0) is 14.3. The summed E-state index contributed by atoms with van der Waals surface area (Å²) < 4.78 is 42.0. The van der Waals surface area contributed by atoms with E-state index in [0.29, 0.717) is 17.3 Å². The number of halogens is 4. The summed E-state index contributed by atoms with van der Waals surface area (Å²) >= 11 is 5.80. The number of alkyl halides is 3. The van der Waals surface area contributed by atoms with E-state index < -0.39 is 12.6 Å². The van der Waals surface area contributed by atoms with Crippen LogP contribution in [0.2, 0.25) is 5.02 Å². The molecule has 6 heteroatoms. The number of rotatable bonds is 7. The highest BCUT2D eigenvalue weighted by atomic mass is 35.5. The lowest BCUT2D eigenvalue weighted by Gasteiger charge is -2.19. The first-order valence-corrected chi connectivity index (χ1v) is 6.47. The molecule has 0 aliphatic heterocycles. The van der Waals surface area contributed by atoms with E-state index in [0.717, 1.165) is 0 Å². The minimum atomic E-state index is -4.14. The van der Waals surface area contributed by atoms with Crippen LogP contribution in [-0.4, -0.2) is 25.4 Å². The fourth-order valence-corrected chi connectivity index (χ4v) is 1.80. The molecule has 0 amide bonds. The predicted octanol–water partition coefficient (Wildman–Crippen LogP) is 4.04. The molecule has 1 atom stereocenters. The fraction of sp³-hybridized carbons (Fsp3) is 0.538. The van der Waals surface area contributed by atoms with E-state index in [4.69, 9.17) is 16.3 Å². The van der Waals surface area contributed by atoms with Gasteiger partial charge >= 0.3 is 6.18 Å². The van der Waals surface area contributed by atoms with E-state index in [9.17, 15) is 13.2 Å². The summed E-state index contributed by atoms with van der Waals surface area (Å²) in [5.41, 5.74) is 0. The molecule has 2 nitrogen and oxygen atoms in total. The molecule has 0 radical (unpaired) electrons. The van der Waals surface area contributed by atoms with Gasteiger partial charge in [-0.3, -0.25) is 0 Å². The molecule has 1 aromatic carbocycles. The molecule has 1 rings (SSSR count). The second kappa shape index (κ2) is 7.60. The molecule has 0 aliphatic carbocycles. The molecule has 19 heavy (non-hydrogen) atoms. The normalized spacial score (nSPS) is 13.3. The molecular weight excluding hydrogens is 279 g/mol. The molecular formula is C13H17ClF3NO. The number of ether oxygens (including phenoxy) is 1. The largest absolute Gasteiger partial charge is 0.492 e. The Bertz CT molecular complexity index is 384. The molecule has 0 aromatic heterocycles. The van der Waals surface area contributed by atoms with E-state index in [-0.39, 0.29) is 19.1 Å². The molecule has 108 valence electrons. The maximum absolute atomic E-state index is 12.2. The summed E-state index contributed by atoms with van der Waals surface area (Å²) in [6.07, 6.45) is -4.95. The van der Waals surface area contributed by atoms with Crippen LogP contribution in [0.1, 0.15) is 19.8 Å². The van der Waals surface area contributed by atoms with Crippen molar-refractivity contribution in [2.45, 2.75) is 32.0 Å². The van der Waals surface area contributed by atoms with Gasteiger partial charge in [0, 0.05) is 17.5 Å². The van der Waals surface area contributed by atoms with E-state index in [1.165, 1.54) is 0 Å². The van der Waals surface area contributed by atoms with Crippen LogP contribution in [0.25, 0.3) is 0 Å². The van der Waals surface area contributed by atoms with Gasteiger partial charge in [0.2, 0.25) is 0 Å². The Hall–Kier alpha value is -0.940. The molecule has 0 saturated carbocycles. The van der Waals surface area contributed by atoms with Gasteiger partial charge in [0.15, 0.2) is 0 Å². The summed E-state index contributed by atoms with van der Waals surface area (Å²) in [7, 11) is 0. The fourth-order valence-electron chi connectivity index (χ4n) is 1.62. The quantitative estimate of drug-likeness (QED) is 0.820. The Kier molecular flexibility index (Phi) is 6.45. The number of likely N-dealkylation sites (N-methyl/N-ethyl adjacent to an activating group) is 1. The second-order valence-corrected chi connectivity index (χ2v) is 4.61. The molecule has 1 aromatic rings. The molecule has 1 N–H and O–H groups in total. The van der Waals surface area contributed by atoms with Gasteiger partial charge in [0.05, 0.1) is 0 Å². The summed E-state index contributed by atoms with van der Waals surface area (Å²) in [5.74, 6) is 0.558. The number of nitrogens with one attached hydrogen (secondary N) is 1. The Morgan fingerprint density at radius 2 is 2.11 bits per heavy atom. The van der Waals surface area contributed by atoms with Crippen molar-refractivity contribution in [1.82, 2.24) is 5.32 Å². The Morgan fingerprint density at radius 3 is 2.68 bits per heavy atom. The van der Waals surface area contributed by atoms with Gasteiger partial charge in [-0.2, -0.15) is 13.2 Å². The van der Waals surface area contributed by atoms with Crippen LogP contribution in [0.4, 0.5) is 13.2 Å². The molecule has 0 fully saturated rings. The zero-order valence-electron chi connectivity index (χ0n) is 10.6. The Labute approximate surface area is 115 Å². The molecule has 0 spiro atoms. The zero-order valence-corrected chi connectivity index (χ0v) is 11.4. The van der Waals surface area contributed by atoms with E-state index >= 15 is 0 Å². The van der Waals surface area contributed by atoms with Crippen molar-refractivity contribution in [3.05, 3.63) is 29.3 Å². The topological polar surface area (TPSA) is 21.3 Å². The minimum Gasteiger partial charge on any atom is -0.492 e. The molecule has 1 unspecified atom stereocenters. The van der Waals surface area contributed by atoms with Gasteiger partial charge in [-0.15, -0.1) is 0 Å².